The average molecular weight is 273 g/mol. The van der Waals surface area contributed by atoms with Crippen LogP contribution in [0.4, 0.5) is 11.4 Å². The number of para-hydroxylation sites is 2. The third-order valence-corrected chi connectivity index (χ3v) is 4.47. The maximum atomic E-state index is 12.4. The largest absolute Gasteiger partial charge is 0.370 e. The molecule has 2 fully saturated rings. The van der Waals surface area contributed by atoms with Crippen molar-refractivity contribution in [3.05, 3.63) is 24.3 Å². The summed E-state index contributed by atoms with van der Waals surface area (Å²) in [4.78, 5) is 14.8. The van der Waals surface area contributed by atoms with Crippen LogP contribution in [0.3, 0.4) is 0 Å². The van der Waals surface area contributed by atoms with Gasteiger partial charge in [-0.3, -0.25) is 4.79 Å². The molecule has 1 aromatic rings. The summed E-state index contributed by atoms with van der Waals surface area (Å²) in [5.41, 5.74) is 2.12. The molecule has 2 saturated heterocycles. The van der Waals surface area contributed by atoms with E-state index in [1.807, 2.05) is 18.2 Å². The SMILES string of the molecule is CC1NCCC1C(=O)Nc1ccccc1N1CCCC1. The Labute approximate surface area is 120 Å². The Morgan fingerprint density at radius 2 is 2.05 bits per heavy atom. The van der Waals surface area contributed by atoms with Crippen molar-refractivity contribution in [2.45, 2.75) is 32.2 Å². The van der Waals surface area contributed by atoms with Gasteiger partial charge in [-0.2, -0.15) is 0 Å². The molecule has 2 N–H and O–H groups in total. The molecule has 4 heteroatoms. The van der Waals surface area contributed by atoms with Crippen molar-refractivity contribution in [2.75, 3.05) is 29.9 Å². The van der Waals surface area contributed by atoms with Gasteiger partial charge in [0.15, 0.2) is 0 Å². The van der Waals surface area contributed by atoms with E-state index in [2.05, 4.69) is 28.5 Å². The molecule has 1 amide bonds. The van der Waals surface area contributed by atoms with Crippen LogP contribution in [-0.2, 0) is 4.79 Å². The Kier molecular flexibility index (Phi) is 3.92. The molecule has 0 saturated carbocycles. The van der Waals surface area contributed by atoms with Crippen LogP contribution in [0.2, 0.25) is 0 Å². The molecule has 108 valence electrons. The predicted octanol–water partition coefficient (Wildman–Crippen LogP) is 2.22. The first-order valence-corrected chi connectivity index (χ1v) is 7.64. The lowest BCUT2D eigenvalue weighted by Gasteiger charge is -2.23. The van der Waals surface area contributed by atoms with Crippen LogP contribution in [0.15, 0.2) is 24.3 Å². The minimum absolute atomic E-state index is 0.0848. The number of anilines is 2. The van der Waals surface area contributed by atoms with Crippen LogP contribution >= 0.6 is 0 Å². The first kappa shape index (κ1) is 13.4. The molecular formula is C16H23N3O. The van der Waals surface area contributed by atoms with Crippen molar-refractivity contribution in [1.29, 1.82) is 0 Å². The molecule has 0 aromatic heterocycles. The summed E-state index contributed by atoms with van der Waals surface area (Å²) in [5, 5.41) is 6.47. The Morgan fingerprint density at radius 1 is 1.30 bits per heavy atom. The van der Waals surface area contributed by atoms with E-state index >= 15 is 0 Å². The number of rotatable bonds is 3. The summed E-state index contributed by atoms with van der Waals surface area (Å²) in [7, 11) is 0. The van der Waals surface area contributed by atoms with Crippen LogP contribution in [0.1, 0.15) is 26.2 Å². The van der Waals surface area contributed by atoms with Crippen LogP contribution in [0.5, 0.6) is 0 Å². The Morgan fingerprint density at radius 3 is 2.75 bits per heavy atom. The number of nitrogens with zero attached hydrogens (tertiary/aromatic N) is 1. The predicted molar refractivity (Wildman–Crippen MR) is 82.1 cm³/mol. The number of carbonyl (C=O) groups is 1. The van der Waals surface area contributed by atoms with Crippen molar-refractivity contribution in [2.24, 2.45) is 5.92 Å². The maximum absolute atomic E-state index is 12.4. The normalized spacial score (nSPS) is 25.9. The number of hydrogen-bond acceptors (Lipinski definition) is 3. The van der Waals surface area contributed by atoms with Gasteiger partial charge in [-0.1, -0.05) is 12.1 Å². The van der Waals surface area contributed by atoms with Crippen LogP contribution < -0.4 is 15.5 Å². The summed E-state index contributed by atoms with van der Waals surface area (Å²) in [6.07, 6.45) is 3.41. The number of hydrogen-bond donors (Lipinski definition) is 2. The quantitative estimate of drug-likeness (QED) is 0.887. The molecule has 0 aliphatic carbocycles. The molecule has 4 nitrogen and oxygen atoms in total. The molecule has 0 radical (unpaired) electrons. The molecule has 0 spiro atoms. The van der Waals surface area contributed by atoms with Gasteiger partial charge in [0.1, 0.15) is 0 Å². The van der Waals surface area contributed by atoms with E-state index in [1.54, 1.807) is 0 Å². The molecule has 2 unspecified atom stereocenters. The van der Waals surface area contributed by atoms with E-state index in [0.717, 1.165) is 37.4 Å². The van der Waals surface area contributed by atoms with Crippen LogP contribution in [0.25, 0.3) is 0 Å². The van der Waals surface area contributed by atoms with Crippen molar-refractivity contribution >= 4 is 17.3 Å². The Balaban J connectivity index is 1.75. The molecule has 2 atom stereocenters. The lowest BCUT2D eigenvalue weighted by molar-refractivity contribution is -0.119. The number of carbonyl (C=O) groups excluding carboxylic acids is 1. The number of nitrogens with one attached hydrogen (secondary N) is 2. The fourth-order valence-corrected chi connectivity index (χ4v) is 3.26. The lowest BCUT2D eigenvalue weighted by Crippen LogP contribution is -2.32. The second kappa shape index (κ2) is 5.83. The monoisotopic (exact) mass is 273 g/mol. The topological polar surface area (TPSA) is 44.4 Å². The highest BCUT2D eigenvalue weighted by Gasteiger charge is 2.30. The second-order valence-corrected chi connectivity index (χ2v) is 5.84. The second-order valence-electron chi connectivity index (χ2n) is 5.84. The zero-order valence-electron chi connectivity index (χ0n) is 12.1. The van der Waals surface area contributed by atoms with Gasteiger partial charge >= 0.3 is 0 Å². The van der Waals surface area contributed by atoms with E-state index in [4.69, 9.17) is 0 Å². The van der Waals surface area contributed by atoms with E-state index in [-0.39, 0.29) is 17.9 Å². The minimum atomic E-state index is 0.0848. The molecular weight excluding hydrogens is 250 g/mol. The average Bonchev–Trinajstić information content (AvgIpc) is 3.10. The van der Waals surface area contributed by atoms with Crippen molar-refractivity contribution in [3.8, 4) is 0 Å². The summed E-state index contributed by atoms with van der Waals surface area (Å²) < 4.78 is 0. The van der Waals surface area contributed by atoms with Crippen LogP contribution in [0, 0.1) is 5.92 Å². The molecule has 0 bridgehead atoms. The fraction of sp³-hybridized carbons (Fsp3) is 0.562. The molecule has 2 heterocycles. The molecule has 2 aliphatic rings. The lowest BCUT2D eigenvalue weighted by atomic mass is 10.0. The van der Waals surface area contributed by atoms with Gasteiger partial charge in [0.2, 0.25) is 5.91 Å². The van der Waals surface area contributed by atoms with Gasteiger partial charge in [0, 0.05) is 19.1 Å². The van der Waals surface area contributed by atoms with Gasteiger partial charge in [-0.05, 0) is 44.9 Å². The number of amides is 1. The number of benzene rings is 1. The highest BCUT2D eigenvalue weighted by molar-refractivity contribution is 5.96. The van der Waals surface area contributed by atoms with E-state index in [0.29, 0.717) is 0 Å². The Hall–Kier alpha value is -1.55. The third kappa shape index (κ3) is 2.66. The van der Waals surface area contributed by atoms with Crippen molar-refractivity contribution in [1.82, 2.24) is 5.32 Å². The van der Waals surface area contributed by atoms with Gasteiger partial charge in [-0.15, -0.1) is 0 Å². The first-order valence-electron chi connectivity index (χ1n) is 7.64. The van der Waals surface area contributed by atoms with Crippen LogP contribution in [-0.4, -0.2) is 31.6 Å². The highest BCUT2D eigenvalue weighted by Crippen LogP contribution is 2.29. The first-order chi connectivity index (χ1) is 9.75. The van der Waals surface area contributed by atoms with Gasteiger partial charge in [0.25, 0.3) is 0 Å². The molecule has 20 heavy (non-hydrogen) atoms. The highest BCUT2D eigenvalue weighted by atomic mass is 16.2. The van der Waals surface area contributed by atoms with E-state index < -0.39 is 0 Å². The van der Waals surface area contributed by atoms with Gasteiger partial charge in [0.05, 0.1) is 17.3 Å². The third-order valence-electron chi connectivity index (χ3n) is 4.47. The summed E-state index contributed by atoms with van der Waals surface area (Å²) in [5.74, 6) is 0.232. The summed E-state index contributed by atoms with van der Waals surface area (Å²) >= 11 is 0. The maximum Gasteiger partial charge on any atom is 0.229 e. The van der Waals surface area contributed by atoms with E-state index in [9.17, 15) is 4.79 Å². The zero-order valence-corrected chi connectivity index (χ0v) is 12.1. The van der Waals surface area contributed by atoms with E-state index in [1.165, 1.54) is 12.8 Å². The zero-order chi connectivity index (χ0) is 13.9. The molecule has 3 rings (SSSR count). The standard InChI is InChI=1S/C16H23N3O/c1-12-13(8-9-17-12)16(20)18-14-6-2-3-7-15(14)19-10-4-5-11-19/h2-3,6-7,12-13,17H,4-5,8-11H2,1H3,(H,18,20). The molecule has 1 aromatic carbocycles. The smallest absolute Gasteiger partial charge is 0.229 e. The van der Waals surface area contributed by atoms with Gasteiger partial charge < -0.3 is 15.5 Å². The van der Waals surface area contributed by atoms with Crippen molar-refractivity contribution in [3.63, 3.8) is 0 Å². The van der Waals surface area contributed by atoms with Crippen molar-refractivity contribution < 1.29 is 4.79 Å². The Bertz CT molecular complexity index is 482. The fourth-order valence-electron chi connectivity index (χ4n) is 3.26. The summed E-state index contributed by atoms with van der Waals surface area (Å²) in [6, 6.07) is 8.43. The summed E-state index contributed by atoms with van der Waals surface area (Å²) in [6.45, 7) is 5.21. The molecule has 2 aliphatic heterocycles. The minimum Gasteiger partial charge on any atom is -0.370 e. The van der Waals surface area contributed by atoms with Gasteiger partial charge in [-0.25, -0.2) is 0 Å².